The van der Waals surface area contributed by atoms with Gasteiger partial charge in [-0.3, -0.25) is 4.68 Å². The van der Waals surface area contributed by atoms with Gasteiger partial charge in [0, 0.05) is 37.5 Å². The molecule has 10 heteroatoms. The van der Waals surface area contributed by atoms with Crippen molar-refractivity contribution in [3.63, 3.8) is 0 Å². The molecule has 0 amide bonds. The number of morpholine rings is 1. The van der Waals surface area contributed by atoms with Crippen LogP contribution in [0.25, 0.3) is 22.4 Å². The van der Waals surface area contributed by atoms with Crippen LogP contribution in [0.15, 0.2) is 36.8 Å². The largest absolute Gasteiger partial charge is 0.507 e. The van der Waals surface area contributed by atoms with E-state index in [1.54, 1.807) is 41.2 Å². The SMILES string of the molecule is CN(c1ncc(-c2ccc(-c3cnn(C)c3)cc2O)nn1)[C@@H]1C[C@H]2COC[C@@H](N2)[C@@H]1F. The molecule has 0 saturated carbocycles. The number of alkyl halides is 1. The van der Waals surface area contributed by atoms with Crippen molar-refractivity contribution in [3.05, 3.63) is 36.8 Å². The molecule has 2 saturated heterocycles. The van der Waals surface area contributed by atoms with E-state index in [2.05, 4.69) is 25.6 Å². The van der Waals surface area contributed by atoms with E-state index >= 15 is 0 Å². The maximum absolute atomic E-state index is 14.9. The molecule has 5 rings (SSSR count). The van der Waals surface area contributed by atoms with Gasteiger partial charge in [0.25, 0.3) is 0 Å². The number of hydrogen-bond acceptors (Lipinski definition) is 8. The highest BCUT2D eigenvalue weighted by atomic mass is 19.1. The number of ether oxygens (including phenoxy) is 1. The summed E-state index contributed by atoms with van der Waals surface area (Å²) >= 11 is 0. The normalized spacial score (nSPS) is 25.4. The van der Waals surface area contributed by atoms with Crippen LogP contribution >= 0.6 is 0 Å². The summed E-state index contributed by atoms with van der Waals surface area (Å²) in [7, 11) is 3.63. The monoisotopic (exact) mass is 425 g/mol. The van der Waals surface area contributed by atoms with Gasteiger partial charge in [0.15, 0.2) is 0 Å². The lowest BCUT2D eigenvalue weighted by Crippen LogP contribution is -2.65. The summed E-state index contributed by atoms with van der Waals surface area (Å²) in [6, 6.07) is 4.79. The molecule has 0 radical (unpaired) electrons. The Morgan fingerprint density at radius 3 is 2.81 bits per heavy atom. The first kappa shape index (κ1) is 19.8. The molecule has 0 spiro atoms. The second-order valence-electron chi connectivity index (χ2n) is 8.14. The van der Waals surface area contributed by atoms with Crippen molar-refractivity contribution in [2.24, 2.45) is 7.05 Å². The van der Waals surface area contributed by atoms with Crippen LogP contribution in [0.1, 0.15) is 6.42 Å². The van der Waals surface area contributed by atoms with Crippen LogP contribution in [-0.4, -0.2) is 74.6 Å². The van der Waals surface area contributed by atoms with Crippen molar-refractivity contribution in [1.29, 1.82) is 0 Å². The zero-order valence-electron chi connectivity index (χ0n) is 17.3. The third-order valence-electron chi connectivity index (χ3n) is 6.02. The third kappa shape index (κ3) is 3.72. The Bertz CT molecular complexity index is 1070. The van der Waals surface area contributed by atoms with E-state index < -0.39 is 6.17 Å². The quantitative estimate of drug-likeness (QED) is 0.649. The number of aryl methyl sites for hydroxylation is 1. The van der Waals surface area contributed by atoms with Gasteiger partial charge < -0.3 is 20.1 Å². The van der Waals surface area contributed by atoms with Crippen LogP contribution < -0.4 is 10.2 Å². The average Bonchev–Trinajstić information content (AvgIpc) is 3.22. The molecule has 0 unspecified atom stereocenters. The van der Waals surface area contributed by atoms with Gasteiger partial charge in [-0.25, -0.2) is 9.37 Å². The van der Waals surface area contributed by atoms with Crippen molar-refractivity contribution in [2.45, 2.75) is 30.7 Å². The highest BCUT2D eigenvalue weighted by molar-refractivity contribution is 5.73. The topological polar surface area (TPSA) is 101 Å². The third-order valence-corrected chi connectivity index (χ3v) is 6.02. The van der Waals surface area contributed by atoms with Crippen molar-refractivity contribution in [1.82, 2.24) is 30.3 Å². The summed E-state index contributed by atoms with van der Waals surface area (Å²) in [5.74, 6) is 0.428. The van der Waals surface area contributed by atoms with Crippen LogP contribution in [0.4, 0.5) is 10.3 Å². The molecular formula is C21H24FN7O2. The number of anilines is 1. The Morgan fingerprint density at radius 1 is 1.23 bits per heavy atom. The molecule has 1 aromatic carbocycles. The number of phenols is 1. The van der Waals surface area contributed by atoms with E-state index in [-0.39, 0.29) is 23.9 Å². The summed E-state index contributed by atoms with van der Waals surface area (Å²) in [6.07, 6.45) is 4.68. The summed E-state index contributed by atoms with van der Waals surface area (Å²) in [6.45, 7) is 0.953. The number of fused-ring (bicyclic) bond motifs is 2. The van der Waals surface area contributed by atoms with E-state index in [4.69, 9.17) is 4.74 Å². The van der Waals surface area contributed by atoms with Gasteiger partial charge in [-0.15, -0.1) is 10.2 Å². The number of aromatic hydroxyl groups is 1. The lowest BCUT2D eigenvalue weighted by atomic mass is 9.90. The summed E-state index contributed by atoms with van der Waals surface area (Å²) < 4.78 is 22.1. The van der Waals surface area contributed by atoms with E-state index in [1.807, 2.05) is 19.3 Å². The number of phenolic OH excluding ortho intramolecular Hbond substituents is 1. The Balaban J connectivity index is 1.35. The number of nitrogens with one attached hydrogen (secondary N) is 1. The molecular weight excluding hydrogens is 401 g/mol. The van der Waals surface area contributed by atoms with Crippen molar-refractivity contribution in [2.75, 3.05) is 25.2 Å². The molecule has 0 aliphatic carbocycles. The molecule has 2 aromatic heterocycles. The maximum Gasteiger partial charge on any atom is 0.245 e. The molecule has 3 aromatic rings. The maximum atomic E-state index is 14.9. The molecule has 2 N–H and O–H groups in total. The van der Waals surface area contributed by atoms with Crippen molar-refractivity contribution < 1.29 is 14.2 Å². The molecule has 4 heterocycles. The van der Waals surface area contributed by atoms with Crippen LogP contribution in [0.5, 0.6) is 5.75 Å². The standard InChI is InChI=1S/C21H24FN7O2/c1-28-9-13(7-24-28)12-3-4-15(19(30)5-12)16-8-23-21(27-26-16)29(2)18-6-14-10-31-11-17(25-14)20(18)22/h3-5,7-9,14,17-18,20,25,30H,6,10-11H2,1-2H3/t14-,17+,18+,20-/m0/s1. The van der Waals surface area contributed by atoms with E-state index in [1.165, 1.54) is 0 Å². The number of hydrogen-bond donors (Lipinski definition) is 2. The fraction of sp³-hybridized carbons (Fsp3) is 0.429. The first-order chi connectivity index (χ1) is 15.0. The first-order valence-electron chi connectivity index (χ1n) is 10.2. The lowest BCUT2D eigenvalue weighted by molar-refractivity contribution is -0.0176. The zero-order valence-corrected chi connectivity index (χ0v) is 17.3. The molecule has 162 valence electrons. The van der Waals surface area contributed by atoms with Crippen LogP contribution in [0.2, 0.25) is 0 Å². The molecule has 2 aliphatic heterocycles. The van der Waals surface area contributed by atoms with E-state index in [0.29, 0.717) is 36.8 Å². The fourth-order valence-electron chi connectivity index (χ4n) is 4.32. The van der Waals surface area contributed by atoms with Gasteiger partial charge in [0.2, 0.25) is 5.95 Å². The summed E-state index contributed by atoms with van der Waals surface area (Å²) in [5.41, 5.74) is 2.73. The molecule has 9 nitrogen and oxygen atoms in total. The van der Waals surface area contributed by atoms with Gasteiger partial charge in [-0.2, -0.15) is 5.10 Å². The minimum atomic E-state index is -1.09. The van der Waals surface area contributed by atoms with Gasteiger partial charge in [-0.1, -0.05) is 6.07 Å². The summed E-state index contributed by atoms with van der Waals surface area (Å²) in [4.78, 5) is 6.14. The Morgan fingerprint density at radius 2 is 2.10 bits per heavy atom. The number of rotatable bonds is 4. The predicted molar refractivity (Wildman–Crippen MR) is 112 cm³/mol. The van der Waals surface area contributed by atoms with Gasteiger partial charge in [0.1, 0.15) is 17.6 Å². The van der Waals surface area contributed by atoms with Crippen molar-refractivity contribution in [3.8, 4) is 28.1 Å². The molecule has 31 heavy (non-hydrogen) atoms. The second-order valence-corrected chi connectivity index (χ2v) is 8.14. The van der Waals surface area contributed by atoms with Crippen LogP contribution in [0.3, 0.4) is 0 Å². The summed E-state index contributed by atoms with van der Waals surface area (Å²) in [5, 5.41) is 26.4. The minimum Gasteiger partial charge on any atom is -0.507 e. The molecule has 2 aliphatic rings. The van der Waals surface area contributed by atoms with E-state index in [9.17, 15) is 9.50 Å². The van der Waals surface area contributed by atoms with Crippen LogP contribution in [0, 0.1) is 0 Å². The highest BCUT2D eigenvalue weighted by Crippen LogP contribution is 2.32. The fourth-order valence-corrected chi connectivity index (χ4v) is 4.32. The smallest absolute Gasteiger partial charge is 0.245 e. The minimum absolute atomic E-state index is 0.0774. The number of halogens is 1. The highest BCUT2D eigenvalue weighted by Gasteiger charge is 2.42. The zero-order chi connectivity index (χ0) is 21.5. The Hall–Kier alpha value is -3.11. The van der Waals surface area contributed by atoms with Crippen molar-refractivity contribution >= 4 is 5.95 Å². The molecule has 4 atom stereocenters. The number of piperidine rings is 1. The second kappa shape index (κ2) is 7.86. The van der Waals surface area contributed by atoms with Gasteiger partial charge >= 0.3 is 0 Å². The molecule has 2 bridgehead atoms. The molecule has 2 fully saturated rings. The Labute approximate surface area is 178 Å². The van der Waals surface area contributed by atoms with Gasteiger partial charge in [0.05, 0.1) is 37.7 Å². The van der Waals surface area contributed by atoms with Crippen LogP contribution in [-0.2, 0) is 11.8 Å². The number of benzene rings is 1. The Kier molecular flexibility index (Phi) is 5.03. The number of nitrogens with zero attached hydrogens (tertiary/aromatic N) is 6. The average molecular weight is 425 g/mol. The predicted octanol–water partition coefficient (Wildman–Crippen LogP) is 1.55. The number of aromatic nitrogens is 5. The first-order valence-corrected chi connectivity index (χ1v) is 10.2. The van der Waals surface area contributed by atoms with E-state index in [0.717, 1.165) is 11.1 Å². The van der Waals surface area contributed by atoms with Gasteiger partial charge in [-0.05, 0) is 24.1 Å². The lowest BCUT2D eigenvalue weighted by Gasteiger charge is -2.45.